The molecular weight excluding hydrogens is 186 g/mol. The summed E-state index contributed by atoms with van der Waals surface area (Å²) in [5, 5.41) is 0. The van der Waals surface area contributed by atoms with Crippen LogP contribution in [0.4, 0.5) is 0 Å². The van der Waals surface area contributed by atoms with E-state index in [0.29, 0.717) is 11.3 Å². The highest BCUT2D eigenvalue weighted by Crippen LogP contribution is 2.43. The van der Waals surface area contributed by atoms with Crippen LogP contribution < -0.4 is 0 Å². The standard InChI is InChI=1S/C13H23NO/c1-13(11-6-4-3-5-7-11)9-8-12(15)14(2)10-13/h11H,3-10H2,1-2H3. The van der Waals surface area contributed by atoms with E-state index in [0.717, 1.165) is 25.3 Å². The van der Waals surface area contributed by atoms with Gasteiger partial charge in [0.05, 0.1) is 0 Å². The van der Waals surface area contributed by atoms with Crippen LogP contribution >= 0.6 is 0 Å². The molecule has 0 aromatic rings. The van der Waals surface area contributed by atoms with Crippen LogP contribution in [0.1, 0.15) is 51.9 Å². The van der Waals surface area contributed by atoms with E-state index in [4.69, 9.17) is 0 Å². The number of nitrogens with zero attached hydrogens (tertiary/aromatic N) is 1. The van der Waals surface area contributed by atoms with Crippen molar-refractivity contribution in [2.45, 2.75) is 51.9 Å². The van der Waals surface area contributed by atoms with Crippen molar-refractivity contribution in [3.05, 3.63) is 0 Å². The van der Waals surface area contributed by atoms with Crippen LogP contribution in [0.25, 0.3) is 0 Å². The van der Waals surface area contributed by atoms with E-state index in [1.807, 2.05) is 11.9 Å². The molecule has 2 fully saturated rings. The van der Waals surface area contributed by atoms with Gasteiger partial charge < -0.3 is 4.90 Å². The van der Waals surface area contributed by atoms with Gasteiger partial charge >= 0.3 is 0 Å². The Balaban J connectivity index is 2.02. The zero-order valence-corrected chi connectivity index (χ0v) is 10.1. The first-order valence-corrected chi connectivity index (χ1v) is 6.36. The average Bonchev–Trinajstić information content (AvgIpc) is 2.26. The van der Waals surface area contributed by atoms with Crippen LogP contribution in [0.2, 0.25) is 0 Å². The van der Waals surface area contributed by atoms with E-state index in [9.17, 15) is 4.79 Å². The number of rotatable bonds is 1. The topological polar surface area (TPSA) is 20.3 Å². The Kier molecular flexibility index (Phi) is 3.03. The molecule has 2 heteroatoms. The molecule has 1 saturated carbocycles. The van der Waals surface area contributed by atoms with Gasteiger partial charge in [0.15, 0.2) is 0 Å². The molecule has 15 heavy (non-hydrogen) atoms. The Labute approximate surface area is 93.0 Å². The quantitative estimate of drug-likeness (QED) is 0.650. The molecule has 0 aromatic heterocycles. The molecule has 1 saturated heterocycles. The molecule has 86 valence electrons. The zero-order chi connectivity index (χ0) is 10.9. The maximum Gasteiger partial charge on any atom is 0.222 e. The summed E-state index contributed by atoms with van der Waals surface area (Å²) in [6.45, 7) is 3.38. The van der Waals surface area contributed by atoms with Crippen LogP contribution in [-0.2, 0) is 4.79 Å². The highest BCUT2D eigenvalue weighted by molar-refractivity contribution is 5.76. The third-order valence-electron chi connectivity index (χ3n) is 4.52. The number of hydrogen-bond acceptors (Lipinski definition) is 1. The van der Waals surface area contributed by atoms with Gasteiger partial charge in [0, 0.05) is 20.0 Å². The first kappa shape index (κ1) is 11.0. The average molecular weight is 209 g/mol. The minimum Gasteiger partial charge on any atom is -0.345 e. The summed E-state index contributed by atoms with van der Waals surface area (Å²) >= 11 is 0. The molecule has 0 bridgehead atoms. The van der Waals surface area contributed by atoms with Gasteiger partial charge in [-0.3, -0.25) is 4.79 Å². The fourth-order valence-corrected chi connectivity index (χ4v) is 3.43. The maximum atomic E-state index is 11.5. The van der Waals surface area contributed by atoms with Crippen LogP contribution in [0.15, 0.2) is 0 Å². The highest BCUT2D eigenvalue weighted by atomic mass is 16.2. The Hall–Kier alpha value is -0.530. The van der Waals surface area contributed by atoms with Gasteiger partial charge in [0.1, 0.15) is 0 Å². The molecule has 1 amide bonds. The first-order chi connectivity index (χ1) is 7.12. The summed E-state index contributed by atoms with van der Waals surface area (Å²) in [4.78, 5) is 13.4. The number of likely N-dealkylation sites (tertiary alicyclic amines) is 1. The minimum atomic E-state index is 0.336. The maximum absolute atomic E-state index is 11.5. The predicted octanol–water partition coefficient (Wildman–Crippen LogP) is 2.83. The highest BCUT2D eigenvalue weighted by Gasteiger charge is 2.39. The van der Waals surface area contributed by atoms with E-state index in [2.05, 4.69) is 6.92 Å². The lowest BCUT2D eigenvalue weighted by Gasteiger charge is -2.45. The molecule has 1 unspecified atom stereocenters. The van der Waals surface area contributed by atoms with Crippen LogP contribution in [0, 0.1) is 11.3 Å². The van der Waals surface area contributed by atoms with Crippen LogP contribution in [0.3, 0.4) is 0 Å². The predicted molar refractivity (Wildman–Crippen MR) is 61.6 cm³/mol. The van der Waals surface area contributed by atoms with Crippen molar-refractivity contribution in [2.24, 2.45) is 11.3 Å². The number of hydrogen-bond donors (Lipinski definition) is 0. The van der Waals surface area contributed by atoms with Gasteiger partial charge in [-0.25, -0.2) is 0 Å². The molecule has 2 nitrogen and oxygen atoms in total. The van der Waals surface area contributed by atoms with Gasteiger partial charge in [-0.05, 0) is 30.6 Å². The normalized spacial score (nSPS) is 34.5. The molecule has 0 N–H and O–H groups in total. The van der Waals surface area contributed by atoms with Crippen molar-refractivity contribution in [3.8, 4) is 0 Å². The zero-order valence-electron chi connectivity index (χ0n) is 10.1. The monoisotopic (exact) mass is 209 g/mol. The first-order valence-electron chi connectivity index (χ1n) is 6.36. The molecule has 0 spiro atoms. The van der Waals surface area contributed by atoms with Crippen molar-refractivity contribution in [3.63, 3.8) is 0 Å². The Morgan fingerprint density at radius 1 is 1.27 bits per heavy atom. The number of piperidine rings is 1. The summed E-state index contributed by atoms with van der Waals surface area (Å²) < 4.78 is 0. The molecule has 2 rings (SSSR count). The number of carbonyl (C=O) groups excluding carboxylic acids is 1. The number of amides is 1. The SMILES string of the molecule is CN1CC(C)(C2CCCCC2)CCC1=O. The molecule has 2 aliphatic rings. The Morgan fingerprint density at radius 3 is 2.53 bits per heavy atom. The van der Waals surface area contributed by atoms with E-state index in [1.54, 1.807) is 0 Å². The Bertz CT molecular complexity index is 245. The third-order valence-corrected chi connectivity index (χ3v) is 4.52. The van der Waals surface area contributed by atoms with E-state index in [-0.39, 0.29) is 0 Å². The molecule has 1 aliphatic carbocycles. The van der Waals surface area contributed by atoms with E-state index >= 15 is 0 Å². The smallest absolute Gasteiger partial charge is 0.222 e. The molecule has 0 radical (unpaired) electrons. The molecular formula is C13H23NO. The van der Waals surface area contributed by atoms with Crippen LogP contribution in [-0.4, -0.2) is 24.4 Å². The Morgan fingerprint density at radius 2 is 1.93 bits per heavy atom. The van der Waals surface area contributed by atoms with Gasteiger partial charge in [-0.15, -0.1) is 0 Å². The second-order valence-corrected chi connectivity index (χ2v) is 5.74. The van der Waals surface area contributed by atoms with Crippen molar-refractivity contribution in [2.75, 3.05) is 13.6 Å². The van der Waals surface area contributed by atoms with Gasteiger partial charge in [-0.2, -0.15) is 0 Å². The van der Waals surface area contributed by atoms with Crippen molar-refractivity contribution in [1.82, 2.24) is 4.90 Å². The third kappa shape index (κ3) is 2.19. The molecule has 0 aromatic carbocycles. The lowest BCUT2D eigenvalue weighted by atomic mass is 9.66. The summed E-state index contributed by atoms with van der Waals surface area (Å²) in [6.07, 6.45) is 8.87. The fraction of sp³-hybridized carbons (Fsp3) is 0.923. The summed E-state index contributed by atoms with van der Waals surface area (Å²) in [6, 6.07) is 0. The lowest BCUT2D eigenvalue weighted by Crippen LogP contribution is -2.47. The van der Waals surface area contributed by atoms with Gasteiger partial charge in [0.2, 0.25) is 5.91 Å². The minimum absolute atomic E-state index is 0.336. The summed E-state index contributed by atoms with van der Waals surface area (Å²) in [5.41, 5.74) is 0.406. The summed E-state index contributed by atoms with van der Waals surface area (Å²) in [7, 11) is 1.96. The van der Waals surface area contributed by atoms with Gasteiger partial charge in [0.25, 0.3) is 0 Å². The summed E-state index contributed by atoms with van der Waals surface area (Å²) in [5.74, 6) is 1.20. The van der Waals surface area contributed by atoms with E-state index < -0.39 is 0 Å². The lowest BCUT2D eigenvalue weighted by molar-refractivity contribution is -0.137. The van der Waals surface area contributed by atoms with Crippen molar-refractivity contribution < 1.29 is 4.79 Å². The van der Waals surface area contributed by atoms with Crippen molar-refractivity contribution >= 4 is 5.91 Å². The largest absolute Gasteiger partial charge is 0.345 e. The second-order valence-electron chi connectivity index (χ2n) is 5.74. The fourth-order valence-electron chi connectivity index (χ4n) is 3.43. The molecule has 1 atom stereocenters. The molecule has 1 heterocycles. The van der Waals surface area contributed by atoms with Crippen LogP contribution in [0.5, 0.6) is 0 Å². The van der Waals surface area contributed by atoms with Gasteiger partial charge in [-0.1, -0.05) is 26.2 Å². The molecule has 1 aliphatic heterocycles. The number of carbonyl (C=O) groups is 1. The second kappa shape index (κ2) is 4.15. The van der Waals surface area contributed by atoms with Crippen molar-refractivity contribution in [1.29, 1.82) is 0 Å². The van der Waals surface area contributed by atoms with E-state index in [1.165, 1.54) is 32.1 Å².